The standard InChI is InChI=1S/C17H29NO/c1-3-4-5-6-7-8-15(2)18-17-11-9-16(10-12-17)13-14-19/h9-12,15,18-19H,3-8,13-14H2,1-2H3. The number of aliphatic hydroxyl groups excluding tert-OH is 1. The number of nitrogens with one attached hydrogen (secondary N) is 1. The number of anilines is 1. The molecule has 1 rings (SSSR count). The Hall–Kier alpha value is -1.02. The number of hydrogen-bond acceptors (Lipinski definition) is 2. The van der Waals surface area contributed by atoms with Gasteiger partial charge >= 0.3 is 0 Å². The monoisotopic (exact) mass is 263 g/mol. The highest BCUT2D eigenvalue weighted by Crippen LogP contribution is 2.14. The molecule has 0 saturated heterocycles. The summed E-state index contributed by atoms with van der Waals surface area (Å²) in [4.78, 5) is 0. The van der Waals surface area contributed by atoms with Gasteiger partial charge in [-0.15, -0.1) is 0 Å². The van der Waals surface area contributed by atoms with Gasteiger partial charge in [0.1, 0.15) is 0 Å². The average molecular weight is 263 g/mol. The quantitative estimate of drug-likeness (QED) is 0.614. The van der Waals surface area contributed by atoms with Gasteiger partial charge in [-0.1, -0.05) is 51.2 Å². The van der Waals surface area contributed by atoms with Crippen molar-refractivity contribution in [2.45, 2.75) is 64.8 Å². The first-order valence-corrected chi connectivity index (χ1v) is 7.72. The molecule has 0 fully saturated rings. The van der Waals surface area contributed by atoms with Gasteiger partial charge in [0.2, 0.25) is 0 Å². The van der Waals surface area contributed by atoms with E-state index in [1.165, 1.54) is 49.8 Å². The molecule has 0 bridgehead atoms. The zero-order chi connectivity index (χ0) is 13.9. The maximum atomic E-state index is 8.88. The van der Waals surface area contributed by atoms with Gasteiger partial charge in [-0.05, 0) is 37.5 Å². The summed E-state index contributed by atoms with van der Waals surface area (Å²) < 4.78 is 0. The molecule has 1 atom stereocenters. The lowest BCUT2D eigenvalue weighted by Gasteiger charge is -2.15. The Bertz CT molecular complexity index is 321. The largest absolute Gasteiger partial charge is 0.396 e. The van der Waals surface area contributed by atoms with Crippen molar-refractivity contribution in [1.29, 1.82) is 0 Å². The zero-order valence-corrected chi connectivity index (χ0v) is 12.5. The van der Waals surface area contributed by atoms with E-state index in [0.29, 0.717) is 6.04 Å². The third-order valence-corrected chi connectivity index (χ3v) is 3.51. The topological polar surface area (TPSA) is 32.3 Å². The first-order valence-electron chi connectivity index (χ1n) is 7.72. The zero-order valence-electron chi connectivity index (χ0n) is 12.5. The highest BCUT2D eigenvalue weighted by atomic mass is 16.2. The highest BCUT2D eigenvalue weighted by molar-refractivity contribution is 5.45. The highest BCUT2D eigenvalue weighted by Gasteiger charge is 2.02. The van der Waals surface area contributed by atoms with Gasteiger partial charge in [0.25, 0.3) is 0 Å². The molecule has 0 heterocycles. The second-order valence-electron chi connectivity index (χ2n) is 5.42. The smallest absolute Gasteiger partial charge is 0.0471 e. The fourth-order valence-corrected chi connectivity index (χ4v) is 2.31. The predicted molar refractivity (Wildman–Crippen MR) is 83.7 cm³/mol. The van der Waals surface area contributed by atoms with E-state index in [-0.39, 0.29) is 6.61 Å². The Morgan fingerprint density at radius 3 is 2.37 bits per heavy atom. The lowest BCUT2D eigenvalue weighted by Crippen LogP contribution is -2.14. The van der Waals surface area contributed by atoms with Crippen molar-refractivity contribution >= 4 is 5.69 Å². The maximum absolute atomic E-state index is 8.88. The summed E-state index contributed by atoms with van der Waals surface area (Å²) in [5.74, 6) is 0. The third-order valence-electron chi connectivity index (χ3n) is 3.51. The van der Waals surface area contributed by atoms with Crippen LogP contribution >= 0.6 is 0 Å². The van der Waals surface area contributed by atoms with Crippen molar-refractivity contribution in [1.82, 2.24) is 0 Å². The summed E-state index contributed by atoms with van der Waals surface area (Å²) in [6, 6.07) is 8.93. The molecule has 2 nitrogen and oxygen atoms in total. The Morgan fingerprint density at radius 1 is 1.05 bits per heavy atom. The van der Waals surface area contributed by atoms with Crippen LogP contribution in [-0.4, -0.2) is 17.8 Å². The summed E-state index contributed by atoms with van der Waals surface area (Å²) in [6.07, 6.45) is 8.71. The normalized spacial score (nSPS) is 12.4. The summed E-state index contributed by atoms with van der Waals surface area (Å²) >= 11 is 0. The van der Waals surface area contributed by atoms with Crippen LogP contribution in [0.5, 0.6) is 0 Å². The molecule has 0 aliphatic carbocycles. The first-order chi connectivity index (χ1) is 9.26. The number of unbranched alkanes of at least 4 members (excludes halogenated alkanes) is 4. The third kappa shape index (κ3) is 7.22. The molecule has 0 saturated carbocycles. The van der Waals surface area contributed by atoms with Crippen LogP contribution in [0.25, 0.3) is 0 Å². The van der Waals surface area contributed by atoms with E-state index in [1.54, 1.807) is 0 Å². The average Bonchev–Trinajstić information content (AvgIpc) is 2.41. The minimum absolute atomic E-state index is 0.223. The summed E-state index contributed by atoms with van der Waals surface area (Å²) in [5.41, 5.74) is 2.38. The van der Waals surface area contributed by atoms with Crippen molar-refractivity contribution in [2.75, 3.05) is 11.9 Å². The van der Waals surface area contributed by atoms with Gasteiger partial charge in [0.15, 0.2) is 0 Å². The van der Waals surface area contributed by atoms with Crippen molar-refractivity contribution in [3.8, 4) is 0 Å². The van der Waals surface area contributed by atoms with E-state index in [1.807, 2.05) is 0 Å². The van der Waals surface area contributed by atoms with Gasteiger partial charge in [-0.2, -0.15) is 0 Å². The van der Waals surface area contributed by atoms with Crippen molar-refractivity contribution in [2.24, 2.45) is 0 Å². The van der Waals surface area contributed by atoms with Crippen molar-refractivity contribution in [3.05, 3.63) is 29.8 Å². The van der Waals surface area contributed by atoms with E-state index in [2.05, 4.69) is 43.4 Å². The van der Waals surface area contributed by atoms with E-state index < -0.39 is 0 Å². The van der Waals surface area contributed by atoms with Gasteiger partial charge in [-0.25, -0.2) is 0 Å². The Balaban J connectivity index is 2.22. The molecule has 0 radical (unpaired) electrons. The summed E-state index contributed by atoms with van der Waals surface area (Å²) in [7, 11) is 0. The van der Waals surface area contributed by atoms with E-state index >= 15 is 0 Å². The molecule has 108 valence electrons. The molecule has 1 aromatic carbocycles. The van der Waals surface area contributed by atoms with Gasteiger partial charge < -0.3 is 10.4 Å². The van der Waals surface area contributed by atoms with Crippen LogP contribution < -0.4 is 5.32 Å². The minimum atomic E-state index is 0.223. The van der Waals surface area contributed by atoms with Crippen molar-refractivity contribution < 1.29 is 5.11 Å². The van der Waals surface area contributed by atoms with E-state index in [0.717, 1.165) is 6.42 Å². The fraction of sp³-hybridized carbons (Fsp3) is 0.647. The van der Waals surface area contributed by atoms with Crippen LogP contribution in [0, 0.1) is 0 Å². The molecular weight excluding hydrogens is 234 g/mol. The molecule has 1 aromatic rings. The second-order valence-corrected chi connectivity index (χ2v) is 5.42. The Morgan fingerprint density at radius 2 is 1.74 bits per heavy atom. The van der Waals surface area contributed by atoms with Crippen LogP contribution in [0.1, 0.15) is 57.9 Å². The predicted octanol–water partition coefficient (Wildman–Crippen LogP) is 4.38. The fourth-order valence-electron chi connectivity index (χ4n) is 2.31. The van der Waals surface area contributed by atoms with Crippen molar-refractivity contribution in [3.63, 3.8) is 0 Å². The van der Waals surface area contributed by atoms with E-state index in [9.17, 15) is 0 Å². The SMILES string of the molecule is CCCCCCCC(C)Nc1ccc(CCO)cc1. The summed E-state index contributed by atoms with van der Waals surface area (Å²) in [6.45, 7) is 4.73. The molecular formula is C17H29NO. The lowest BCUT2D eigenvalue weighted by atomic mass is 10.1. The number of benzene rings is 1. The Labute approximate surface area is 118 Å². The number of aliphatic hydroxyl groups is 1. The number of rotatable bonds is 10. The molecule has 0 aromatic heterocycles. The maximum Gasteiger partial charge on any atom is 0.0471 e. The van der Waals surface area contributed by atoms with Crippen LogP contribution in [0.2, 0.25) is 0 Å². The molecule has 0 amide bonds. The van der Waals surface area contributed by atoms with Gasteiger partial charge in [-0.3, -0.25) is 0 Å². The van der Waals surface area contributed by atoms with Crippen LogP contribution in [0.3, 0.4) is 0 Å². The lowest BCUT2D eigenvalue weighted by molar-refractivity contribution is 0.299. The minimum Gasteiger partial charge on any atom is -0.396 e. The molecule has 1 unspecified atom stereocenters. The summed E-state index contributed by atoms with van der Waals surface area (Å²) in [5, 5.41) is 12.4. The van der Waals surface area contributed by atoms with Gasteiger partial charge in [0, 0.05) is 18.3 Å². The van der Waals surface area contributed by atoms with Crippen LogP contribution in [0.15, 0.2) is 24.3 Å². The van der Waals surface area contributed by atoms with E-state index in [4.69, 9.17) is 5.11 Å². The molecule has 2 N–H and O–H groups in total. The number of hydrogen-bond donors (Lipinski definition) is 2. The second kappa shape index (κ2) is 9.85. The van der Waals surface area contributed by atoms with Crippen LogP contribution in [-0.2, 0) is 6.42 Å². The van der Waals surface area contributed by atoms with Crippen LogP contribution in [0.4, 0.5) is 5.69 Å². The molecule has 0 spiro atoms. The molecule has 0 aliphatic rings. The Kier molecular flexibility index (Phi) is 8.31. The molecule has 19 heavy (non-hydrogen) atoms. The molecule has 2 heteroatoms. The molecule has 0 aliphatic heterocycles. The van der Waals surface area contributed by atoms with Gasteiger partial charge in [0.05, 0.1) is 0 Å². The first kappa shape index (κ1) is 16.0.